The molecule has 16 heavy (non-hydrogen) atoms. The summed E-state index contributed by atoms with van der Waals surface area (Å²) in [6.45, 7) is 12.8. The Morgan fingerprint density at radius 2 is 1.75 bits per heavy atom. The summed E-state index contributed by atoms with van der Waals surface area (Å²) < 4.78 is 5.47. The van der Waals surface area contributed by atoms with Crippen LogP contribution in [0, 0.1) is 11.8 Å². The van der Waals surface area contributed by atoms with Gasteiger partial charge < -0.3 is 9.64 Å². The van der Waals surface area contributed by atoms with Gasteiger partial charge in [-0.2, -0.15) is 0 Å². The number of ether oxygens (including phenoxy) is 1. The van der Waals surface area contributed by atoms with Gasteiger partial charge in [0, 0.05) is 19.7 Å². The number of hydrogen-bond donors (Lipinski definition) is 0. The summed E-state index contributed by atoms with van der Waals surface area (Å²) in [4.78, 5) is 2.38. The zero-order valence-corrected chi connectivity index (χ0v) is 11.7. The molecule has 0 saturated carbocycles. The highest BCUT2D eigenvalue weighted by atomic mass is 16.5. The van der Waals surface area contributed by atoms with Gasteiger partial charge in [0.05, 0.1) is 6.61 Å². The Bertz CT molecular complexity index is 176. The van der Waals surface area contributed by atoms with Crippen molar-refractivity contribution < 1.29 is 4.74 Å². The van der Waals surface area contributed by atoms with Gasteiger partial charge in [0.15, 0.2) is 0 Å². The molecule has 0 aliphatic carbocycles. The molecule has 0 spiro atoms. The van der Waals surface area contributed by atoms with Crippen LogP contribution in [0.3, 0.4) is 0 Å². The van der Waals surface area contributed by atoms with Gasteiger partial charge in [0.2, 0.25) is 0 Å². The molecule has 0 fully saturated rings. The zero-order valence-electron chi connectivity index (χ0n) is 11.7. The van der Waals surface area contributed by atoms with Gasteiger partial charge in [-0.05, 0) is 25.3 Å². The van der Waals surface area contributed by atoms with Crippen molar-refractivity contribution in [3.63, 3.8) is 0 Å². The van der Waals surface area contributed by atoms with E-state index in [0.29, 0.717) is 5.92 Å². The van der Waals surface area contributed by atoms with Gasteiger partial charge in [-0.1, -0.05) is 39.8 Å². The molecule has 2 nitrogen and oxygen atoms in total. The highest BCUT2D eigenvalue weighted by Crippen LogP contribution is 1.97. The van der Waals surface area contributed by atoms with Crippen molar-refractivity contribution in [3.8, 4) is 0 Å². The molecule has 0 atom stereocenters. The van der Waals surface area contributed by atoms with Gasteiger partial charge >= 0.3 is 0 Å². The summed E-state index contributed by atoms with van der Waals surface area (Å²) in [5, 5.41) is 0. The van der Waals surface area contributed by atoms with E-state index in [1.807, 2.05) is 0 Å². The first-order valence-electron chi connectivity index (χ1n) is 6.43. The molecule has 0 amide bonds. The third-order valence-corrected chi connectivity index (χ3v) is 2.19. The molecule has 0 heterocycles. The molecular weight excluding hydrogens is 198 g/mol. The van der Waals surface area contributed by atoms with Crippen LogP contribution in [0.4, 0.5) is 0 Å². The summed E-state index contributed by atoms with van der Waals surface area (Å²) in [5.41, 5.74) is 0. The van der Waals surface area contributed by atoms with Crippen LogP contribution in [0.5, 0.6) is 0 Å². The molecule has 2 heteroatoms. The Kier molecular flexibility index (Phi) is 9.65. The normalized spacial score (nSPS) is 12.5. The Morgan fingerprint density at radius 1 is 1.06 bits per heavy atom. The minimum absolute atomic E-state index is 0.630. The van der Waals surface area contributed by atoms with E-state index >= 15 is 0 Å². The summed E-state index contributed by atoms with van der Waals surface area (Å²) in [5.74, 6) is 1.38. The summed E-state index contributed by atoms with van der Waals surface area (Å²) in [6.07, 6.45) is 5.47. The molecule has 0 aliphatic rings. The van der Waals surface area contributed by atoms with Crippen LogP contribution in [0.1, 0.15) is 34.1 Å². The summed E-state index contributed by atoms with van der Waals surface area (Å²) >= 11 is 0. The first-order valence-corrected chi connectivity index (χ1v) is 6.43. The van der Waals surface area contributed by atoms with Crippen molar-refractivity contribution in [2.45, 2.75) is 34.1 Å². The van der Waals surface area contributed by atoms with Gasteiger partial charge in [-0.15, -0.1) is 0 Å². The second-order valence-corrected chi connectivity index (χ2v) is 5.35. The third-order valence-electron chi connectivity index (χ3n) is 2.19. The van der Waals surface area contributed by atoms with E-state index in [1.165, 1.54) is 6.54 Å². The maximum Gasteiger partial charge on any atom is 0.0647 e. The minimum Gasteiger partial charge on any atom is -0.377 e. The van der Waals surface area contributed by atoms with E-state index in [1.54, 1.807) is 0 Å². The van der Waals surface area contributed by atoms with Crippen LogP contribution in [-0.4, -0.2) is 38.3 Å². The standard InChI is InChI=1S/C14H29NO/c1-13(2)11-15(5)9-7-6-8-10-16-12-14(3)4/h6,8,13-14H,7,9-12H2,1-5H3/b8-6+. The van der Waals surface area contributed by atoms with Crippen molar-refractivity contribution in [1.82, 2.24) is 4.90 Å². The van der Waals surface area contributed by atoms with Gasteiger partial charge in [0.1, 0.15) is 0 Å². The fourth-order valence-corrected chi connectivity index (χ4v) is 1.57. The van der Waals surface area contributed by atoms with E-state index in [2.05, 4.69) is 51.8 Å². The molecule has 0 aromatic rings. The van der Waals surface area contributed by atoms with Crippen molar-refractivity contribution in [1.29, 1.82) is 0 Å². The van der Waals surface area contributed by atoms with Gasteiger partial charge in [-0.3, -0.25) is 0 Å². The molecule has 0 unspecified atom stereocenters. The Labute approximate surface area is 102 Å². The second-order valence-electron chi connectivity index (χ2n) is 5.35. The molecule has 0 bridgehead atoms. The number of nitrogens with zero attached hydrogens (tertiary/aromatic N) is 1. The Morgan fingerprint density at radius 3 is 2.31 bits per heavy atom. The average Bonchev–Trinajstić information content (AvgIpc) is 2.14. The molecule has 0 aromatic carbocycles. The minimum atomic E-state index is 0.630. The van der Waals surface area contributed by atoms with Gasteiger partial charge in [0.25, 0.3) is 0 Å². The fourth-order valence-electron chi connectivity index (χ4n) is 1.57. The molecule has 0 rings (SSSR count). The van der Waals surface area contributed by atoms with E-state index in [-0.39, 0.29) is 0 Å². The smallest absolute Gasteiger partial charge is 0.0647 e. The van der Waals surface area contributed by atoms with Crippen LogP contribution in [0.2, 0.25) is 0 Å². The lowest BCUT2D eigenvalue weighted by Gasteiger charge is -2.17. The average molecular weight is 227 g/mol. The number of hydrogen-bond acceptors (Lipinski definition) is 2. The molecule has 96 valence electrons. The summed E-state index contributed by atoms with van der Waals surface area (Å²) in [6, 6.07) is 0. The topological polar surface area (TPSA) is 12.5 Å². The first-order chi connectivity index (χ1) is 7.52. The third kappa shape index (κ3) is 11.7. The van der Waals surface area contributed by atoms with Crippen molar-refractivity contribution in [2.75, 3.05) is 33.4 Å². The molecule has 0 radical (unpaired) electrons. The lowest BCUT2D eigenvalue weighted by atomic mass is 10.2. The predicted molar refractivity (Wildman–Crippen MR) is 71.7 cm³/mol. The van der Waals surface area contributed by atoms with Crippen molar-refractivity contribution >= 4 is 0 Å². The zero-order chi connectivity index (χ0) is 12.4. The second kappa shape index (κ2) is 9.86. The Balaban J connectivity index is 3.33. The first kappa shape index (κ1) is 15.7. The van der Waals surface area contributed by atoms with Crippen LogP contribution in [0.25, 0.3) is 0 Å². The van der Waals surface area contributed by atoms with Crippen LogP contribution >= 0.6 is 0 Å². The van der Waals surface area contributed by atoms with Crippen molar-refractivity contribution in [3.05, 3.63) is 12.2 Å². The van der Waals surface area contributed by atoms with E-state index < -0.39 is 0 Å². The van der Waals surface area contributed by atoms with E-state index in [0.717, 1.165) is 32.1 Å². The van der Waals surface area contributed by atoms with Crippen LogP contribution in [-0.2, 0) is 4.74 Å². The Hall–Kier alpha value is -0.340. The fraction of sp³-hybridized carbons (Fsp3) is 0.857. The highest BCUT2D eigenvalue weighted by Gasteiger charge is 1.99. The van der Waals surface area contributed by atoms with Gasteiger partial charge in [-0.25, -0.2) is 0 Å². The highest BCUT2D eigenvalue weighted by molar-refractivity contribution is 4.82. The molecule has 0 N–H and O–H groups in total. The van der Waals surface area contributed by atoms with E-state index in [4.69, 9.17) is 4.74 Å². The molecular formula is C14H29NO. The largest absolute Gasteiger partial charge is 0.377 e. The maximum atomic E-state index is 5.47. The predicted octanol–water partition coefficient (Wildman–Crippen LogP) is 3.19. The molecule has 0 saturated heterocycles. The SMILES string of the molecule is CC(C)COC/C=C/CCN(C)CC(C)C. The molecule has 0 aromatic heterocycles. The van der Waals surface area contributed by atoms with Crippen LogP contribution in [0.15, 0.2) is 12.2 Å². The van der Waals surface area contributed by atoms with Crippen LogP contribution < -0.4 is 0 Å². The number of rotatable bonds is 9. The molecule has 0 aliphatic heterocycles. The quantitative estimate of drug-likeness (QED) is 0.443. The maximum absolute atomic E-state index is 5.47. The summed E-state index contributed by atoms with van der Waals surface area (Å²) in [7, 11) is 2.18. The lowest BCUT2D eigenvalue weighted by Crippen LogP contribution is -2.23. The van der Waals surface area contributed by atoms with E-state index in [9.17, 15) is 0 Å². The lowest BCUT2D eigenvalue weighted by molar-refractivity contribution is 0.134. The van der Waals surface area contributed by atoms with Crippen molar-refractivity contribution in [2.24, 2.45) is 11.8 Å². The monoisotopic (exact) mass is 227 g/mol.